The van der Waals surface area contributed by atoms with Gasteiger partial charge < -0.3 is 11.1 Å². The van der Waals surface area contributed by atoms with Gasteiger partial charge in [-0.15, -0.1) is 0 Å². The fraction of sp³-hybridized carbons (Fsp3) is 0.176. The lowest BCUT2D eigenvalue weighted by Crippen LogP contribution is -2.07. The minimum Gasteiger partial charge on any atom is -0.399 e. The summed E-state index contributed by atoms with van der Waals surface area (Å²) in [4.78, 5) is 4.39. The summed E-state index contributed by atoms with van der Waals surface area (Å²) in [6, 6.07) is 12.1. The van der Waals surface area contributed by atoms with Crippen LogP contribution in [0.25, 0.3) is 11.4 Å². The molecule has 2 aromatic carbocycles. The van der Waals surface area contributed by atoms with Crippen molar-refractivity contribution in [1.82, 2.24) is 15.2 Å². The zero-order valence-corrected chi connectivity index (χ0v) is 13.1. The van der Waals surface area contributed by atoms with Gasteiger partial charge >= 0.3 is 6.18 Å². The maximum absolute atomic E-state index is 12.5. The molecule has 0 aliphatic heterocycles. The molecule has 3 aromatic rings. The fourth-order valence-electron chi connectivity index (χ4n) is 2.27. The Labute approximate surface area is 142 Å². The van der Waals surface area contributed by atoms with E-state index in [-0.39, 0.29) is 0 Å². The lowest BCUT2D eigenvalue weighted by molar-refractivity contribution is -0.137. The number of halogens is 3. The van der Waals surface area contributed by atoms with E-state index in [0.717, 1.165) is 17.7 Å². The summed E-state index contributed by atoms with van der Waals surface area (Å²) >= 11 is 0. The number of nitrogens with one attached hydrogen (secondary N) is 2. The minimum absolute atomic E-state index is 0.516. The number of hydrogen-bond acceptors (Lipinski definition) is 4. The van der Waals surface area contributed by atoms with Gasteiger partial charge in [0.2, 0.25) is 0 Å². The predicted molar refractivity (Wildman–Crippen MR) is 89.9 cm³/mol. The molecule has 0 amide bonds. The van der Waals surface area contributed by atoms with Gasteiger partial charge in [0.05, 0.1) is 5.56 Å². The highest BCUT2D eigenvalue weighted by atomic mass is 19.4. The van der Waals surface area contributed by atoms with Gasteiger partial charge in [0, 0.05) is 29.9 Å². The number of benzene rings is 2. The van der Waals surface area contributed by atoms with Gasteiger partial charge in [-0.05, 0) is 48.5 Å². The molecule has 0 aliphatic rings. The molecule has 0 aliphatic carbocycles. The smallest absolute Gasteiger partial charge is 0.399 e. The third-order valence-electron chi connectivity index (χ3n) is 3.60. The van der Waals surface area contributed by atoms with Crippen molar-refractivity contribution in [3.63, 3.8) is 0 Å². The van der Waals surface area contributed by atoms with E-state index in [1.807, 2.05) is 12.1 Å². The van der Waals surface area contributed by atoms with Gasteiger partial charge in [-0.3, -0.25) is 5.10 Å². The molecule has 0 saturated carbocycles. The third kappa shape index (κ3) is 4.28. The van der Waals surface area contributed by atoms with E-state index in [1.54, 1.807) is 12.1 Å². The van der Waals surface area contributed by atoms with Crippen molar-refractivity contribution in [3.8, 4) is 11.4 Å². The summed E-state index contributed by atoms with van der Waals surface area (Å²) in [5, 5.41) is 10.1. The molecule has 0 bridgehead atoms. The average molecular weight is 347 g/mol. The Morgan fingerprint density at radius 1 is 1.00 bits per heavy atom. The number of aromatic nitrogens is 3. The normalized spacial score (nSPS) is 11.5. The van der Waals surface area contributed by atoms with Gasteiger partial charge in [0.25, 0.3) is 0 Å². The van der Waals surface area contributed by atoms with Gasteiger partial charge in [-0.25, -0.2) is 4.98 Å². The van der Waals surface area contributed by atoms with Gasteiger partial charge in [-0.2, -0.15) is 18.3 Å². The van der Waals surface area contributed by atoms with Crippen LogP contribution in [-0.4, -0.2) is 21.7 Å². The maximum atomic E-state index is 12.5. The number of hydrogen-bond donors (Lipinski definition) is 3. The van der Waals surface area contributed by atoms with E-state index in [2.05, 4.69) is 20.5 Å². The third-order valence-corrected chi connectivity index (χ3v) is 3.60. The van der Waals surface area contributed by atoms with Crippen LogP contribution in [0.15, 0.2) is 48.5 Å². The summed E-state index contributed by atoms with van der Waals surface area (Å²) in [6.07, 6.45) is -3.76. The highest BCUT2D eigenvalue weighted by molar-refractivity contribution is 5.58. The van der Waals surface area contributed by atoms with E-state index < -0.39 is 11.7 Å². The van der Waals surface area contributed by atoms with Crippen molar-refractivity contribution in [2.75, 3.05) is 17.6 Å². The van der Waals surface area contributed by atoms with E-state index >= 15 is 0 Å². The molecule has 4 N–H and O–H groups in total. The van der Waals surface area contributed by atoms with Crippen LogP contribution < -0.4 is 11.1 Å². The first-order valence-corrected chi connectivity index (χ1v) is 7.60. The van der Waals surface area contributed by atoms with Crippen molar-refractivity contribution in [1.29, 1.82) is 0 Å². The van der Waals surface area contributed by atoms with Gasteiger partial charge in [-0.1, -0.05) is 0 Å². The van der Waals surface area contributed by atoms with Crippen LogP contribution in [0.1, 0.15) is 11.4 Å². The van der Waals surface area contributed by atoms with Crippen LogP contribution in [0.2, 0.25) is 0 Å². The number of rotatable bonds is 5. The van der Waals surface area contributed by atoms with Crippen molar-refractivity contribution in [2.45, 2.75) is 12.6 Å². The molecule has 0 radical (unpaired) electrons. The quantitative estimate of drug-likeness (QED) is 0.615. The molecule has 5 nitrogen and oxygen atoms in total. The number of nitrogens with two attached hydrogens (primary N) is 1. The SMILES string of the molecule is Nc1ccc(-c2n[nH]c(CCNc3ccc(C(F)(F)F)cc3)n2)cc1. The Bertz CT molecular complexity index is 823. The molecule has 1 heterocycles. The monoisotopic (exact) mass is 347 g/mol. The molecular formula is C17H16F3N5. The number of anilines is 2. The Balaban J connectivity index is 1.55. The van der Waals surface area contributed by atoms with Crippen molar-refractivity contribution in [3.05, 3.63) is 59.9 Å². The summed E-state index contributed by atoms with van der Waals surface area (Å²) in [5.41, 5.74) is 7.12. The van der Waals surface area contributed by atoms with Crippen LogP contribution in [-0.2, 0) is 12.6 Å². The minimum atomic E-state index is -4.32. The maximum Gasteiger partial charge on any atom is 0.416 e. The highest BCUT2D eigenvalue weighted by Crippen LogP contribution is 2.29. The molecule has 8 heteroatoms. The number of aromatic amines is 1. The number of nitrogens with zero attached hydrogens (tertiary/aromatic N) is 2. The molecule has 0 spiro atoms. The molecule has 25 heavy (non-hydrogen) atoms. The molecule has 1 aromatic heterocycles. The summed E-state index contributed by atoms with van der Waals surface area (Å²) in [7, 11) is 0. The fourth-order valence-corrected chi connectivity index (χ4v) is 2.27. The Kier molecular flexibility index (Phi) is 4.60. The highest BCUT2D eigenvalue weighted by Gasteiger charge is 2.29. The van der Waals surface area contributed by atoms with Crippen LogP contribution in [0.5, 0.6) is 0 Å². The van der Waals surface area contributed by atoms with E-state index in [1.165, 1.54) is 12.1 Å². The standard InChI is InChI=1S/C17H16F3N5/c18-17(19,20)12-3-7-14(8-4-12)22-10-9-15-23-16(25-24-15)11-1-5-13(21)6-2-11/h1-8,22H,9-10,21H2,(H,23,24,25). The Morgan fingerprint density at radius 2 is 1.68 bits per heavy atom. The lowest BCUT2D eigenvalue weighted by Gasteiger charge is -2.08. The molecule has 0 unspecified atom stereocenters. The van der Waals surface area contributed by atoms with Crippen molar-refractivity contribution in [2.24, 2.45) is 0 Å². The second-order valence-electron chi connectivity index (χ2n) is 5.48. The topological polar surface area (TPSA) is 79.6 Å². The van der Waals surface area contributed by atoms with Crippen molar-refractivity contribution < 1.29 is 13.2 Å². The molecule has 0 fully saturated rings. The van der Waals surface area contributed by atoms with Crippen LogP contribution in [0, 0.1) is 0 Å². The van der Waals surface area contributed by atoms with E-state index in [4.69, 9.17) is 5.73 Å². The van der Waals surface area contributed by atoms with Crippen LogP contribution >= 0.6 is 0 Å². The van der Waals surface area contributed by atoms with Gasteiger partial charge in [0.15, 0.2) is 5.82 Å². The Morgan fingerprint density at radius 3 is 2.32 bits per heavy atom. The summed E-state index contributed by atoms with van der Waals surface area (Å²) in [5.74, 6) is 1.26. The average Bonchev–Trinajstić information content (AvgIpc) is 3.04. The Hall–Kier alpha value is -3.03. The first kappa shape index (κ1) is 16.8. The number of alkyl halides is 3. The zero-order chi connectivity index (χ0) is 17.9. The van der Waals surface area contributed by atoms with Crippen molar-refractivity contribution >= 4 is 11.4 Å². The molecule has 3 rings (SSSR count). The van der Waals surface area contributed by atoms with Crippen LogP contribution in [0.3, 0.4) is 0 Å². The van der Waals surface area contributed by atoms with E-state index in [9.17, 15) is 13.2 Å². The molecule has 130 valence electrons. The number of H-pyrrole nitrogens is 1. The first-order valence-electron chi connectivity index (χ1n) is 7.60. The van der Waals surface area contributed by atoms with Gasteiger partial charge in [0.1, 0.15) is 5.82 Å². The summed E-state index contributed by atoms with van der Waals surface area (Å²) in [6.45, 7) is 0.516. The molecular weight excluding hydrogens is 331 g/mol. The lowest BCUT2D eigenvalue weighted by atomic mass is 10.2. The predicted octanol–water partition coefficient (Wildman–Crippen LogP) is 3.73. The number of nitrogen functional groups attached to an aromatic ring is 1. The van der Waals surface area contributed by atoms with E-state index in [0.29, 0.717) is 36.0 Å². The molecule has 0 atom stereocenters. The molecule has 0 saturated heterocycles. The second-order valence-corrected chi connectivity index (χ2v) is 5.48. The largest absolute Gasteiger partial charge is 0.416 e. The first-order chi connectivity index (χ1) is 11.9. The second kappa shape index (κ2) is 6.84. The van der Waals surface area contributed by atoms with Crippen LogP contribution in [0.4, 0.5) is 24.5 Å². The zero-order valence-electron chi connectivity index (χ0n) is 13.1. The summed E-state index contributed by atoms with van der Waals surface area (Å²) < 4.78 is 37.5.